The second-order valence-electron chi connectivity index (χ2n) is 3.08. The summed E-state index contributed by atoms with van der Waals surface area (Å²) < 4.78 is 5.27. The van der Waals surface area contributed by atoms with Gasteiger partial charge in [-0.25, -0.2) is 4.98 Å². The fourth-order valence-electron chi connectivity index (χ4n) is 1.24. The molecule has 0 aliphatic carbocycles. The Morgan fingerprint density at radius 3 is 2.87 bits per heavy atom. The predicted octanol–water partition coefficient (Wildman–Crippen LogP) is 2.56. The topological polar surface area (TPSA) is 69.2 Å². The minimum atomic E-state index is -0.445. The lowest BCUT2D eigenvalue weighted by Gasteiger charge is -1.95. The van der Waals surface area contributed by atoms with Gasteiger partial charge in [0, 0.05) is 17.7 Å². The van der Waals surface area contributed by atoms with Crippen LogP contribution in [0.2, 0.25) is 0 Å². The third kappa shape index (κ3) is 1.85. The summed E-state index contributed by atoms with van der Waals surface area (Å²) in [6, 6.07) is 6.19. The molecule has 1 aromatic heterocycles. The van der Waals surface area contributed by atoms with Crippen LogP contribution in [0.5, 0.6) is 0 Å². The number of aromatic nitrogens is 1. The molecule has 0 spiro atoms. The molecular weight excluding hydrogens is 196 g/mol. The summed E-state index contributed by atoms with van der Waals surface area (Å²) in [5, 5.41) is 10.5. The third-order valence-corrected chi connectivity index (χ3v) is 1.93. The van der Waals surface area contributed by atoms with Crippen molar-refractivity contribution in [2.75, 3.05) is 0 Å². The van der Waals surface area contributed by atoms with Crippen molar-refractivity contribution in [1.82, 2.24) is 4.98 Å². The highest BCUT2D eigenvalue weighted by molar-refractivity contribution is 5.57. The van der Waals surface area contributed by atoms with E-state index in [1.807, 2.05) is 0 Å². The Labute approximate surface area is 85.5 Å². The number of non-ortho nitro benzene ring substituents is 1. The number of oxazole rings is 1. The summed E-state index contributed by atoms with van der Waals surface area (Å²) in [7, 11) is 0. The number of nitro groups is 1. The van der Waals surface area contributed by atoms with Crippen LogP contribution in [0.15, 0.2) is 34.9 Å². The second-order valence-corrected chi connectivity index (χ2v) is 3.08. The molecule has 0 aliphatic heterocycles. The zero-order chi connectivity index (χ0) is 10.8. The molecule has 15 heavy (non-hydrogen) atoms. The van der Waals surface area contributed by atoms with Crippen molar-refractivity contribution in [2.45, 2.75) is 6.92 Å². The van der Waals surface area contributed by atoms with Crippen LogP contribution in [-0.4, -0.2) is 9.91 Å². The average Bonchev–Trinajstić information content (AvgIpc) is 2.65. The van der Waals surface area contributed by atoms with Gasteiger partial charge in [-0.15, -0.1) is 0 Å². The molecule has 2 aromatic rings. The summed E-state index contributed by atoms with van der Waals surface area (Å²) in [5.74, 6) is 1.08. The van der Waals surface area contributed by atoms with Crippen molar-refractivity contribution in [2.24, 2.45) is 0 Å². The minimum absolute atomic E-state index is 0.0309. The van der Waals surface area contributed by atoms with Crippen LogP contribution >= 0.6 is 0 Å². The van der Waals surface area contributed by atoms with E-state index < -0.39 is 4.92 Å². The zero-order valence-electron chi connectivity index (χ0n) is 8.01. The number of rotatable bonds is 2. The van der Waals surface area contributed by atoms with E-state index in [0.717, 1.165) is 0 Å². The van der Waals surface area contributed by atoms with Gasteiger partial charge in [0.05, 0.1) is 11.1 Å². The normalized spacial score (nSPS) is 10.2. The van der Waals surface area contributed by atoms with E-state index in [-0.39, 0.29) is 5.69 Å². The lowest BCUT2D eigenvalue weighted by molar-refractivity contribution is -0.384. The first kappa shape index (κ1) is 9.39. The van der Waals surface area contributed by atoms with Gasteiger partial charge in [0.25, 0.3) is 5.69 Å². The van der Waals surface area contributed by atoms with Crippen LogP contribution in [0.3, 0.4) is 0 Å². The van der Waals surface area contributed by atoms with Gasteiger partial charge in [-0.05, 0) is 13.0 Å². The van der Waals surface area contributed by atoms with E-state index in [9.17, 15) is 10.1 Å². The van der Waals surface area contributed by atoms with Gasteiger partial charge in [0.1, 0.15) is 5.76 Å². The second kappa shape index (κ2) is 3.53. The van der Waals surface area contributed by atoms with E-state index in [1.54, 1.807) is 25.3 Å². The Hall–Kier alpha value is -2.17. The average molecular weight is 204 g/mol. The first-order valence-corrected chi connectivity index (χ1v) is 4.34. The molecule has 0 unspecified atom stereocenters. The van der Waals surface area contributed by atoms with Gasteiger partial charge in [0.15, 0.2) is 0 Å². The Bertz CT molecular complexity index is 505. The Morgan fingerprint density at radius 1 is 1.47 bits per heavy atom. The number of benzene rings is 1. The van der Waals surface area contributed by atoms with Gasteiger partial charge >= 0.3 is 0 Å². The highest BCUT2D eigenvalue weighted by Gasteiger charge is 2.10. The maximum absolute atomic E-state index is 10.5. The van der Waals surface area contributed by atoms with Crippen LogP contribution in [0.4, 0.5) is 5.69 Å². The number of aryl methyl sites for hydroxylation is 1. The molecule has 5 heteroatoms. The van der Waals surface area contributed by atoms with Crippen LogP contribution in [0.25, 0.3) is 11.5 Å². The van der Waals surface area contributed by atoms with Crippen molar-refractivity contribution < 1.29 is 9.34 Å². The van der Waals surface area contributed by atoms with Crippen molar-refractivity contribution in [3.05, 3.63) is 46.3 Å². The van der Waals surface area contributed by atoms with Gasteiger partial charge in [-0.3, -0.25) is 10.1 Å². The molecular formula is C10H8N2O3. The maximum Gasteiger partial charge on any atom is 0.270 e. The molecule has 0 amide bonds. The van der Waals surface area contributed by atoms with Gasteiger partial charge in [-0.2, -0.15) is 0 Å². The molecule has 0 bridgehead atoms. The first-order chi connectivity index (χ1) is 7.16. The SMILES string of the molecule is Cc1cnc(-c2cccc([N+](=O)[O-])c2)o1. The van der Waals surface area contributed by atoms with E-state index in [1.165, 1.54) is 12.1 Å². The van der Waals surface area contributed by atoms with Gasteiger partial charge in [-0.1, -0.05) is 6.07 Å². The molecule has 0 radical (unpaired) electrons. The summed E-state index contributed by atoms with van der Waals surface area (Å²) in [5.41, 5.74) is 0.639. The quantitative estimate of drug-likeness (QED) is 0.556. The third-order valence-electron chi connectivity index (χ3n) is 1.93. The molecule has 0 atom stereocenters. The summed E-state index contributed by atoms with van der Waals surface area (Å²) in [4.78, 5) is 14.1. The lowest BCUT2D eigenvalue weighted by Crippen LogP contribution is -1.87. The van der Waals surface area contributed by atoms with Crippen LogP contribution in [0, 0.1) is 17.0 Å². The molecule has 0 saturated carbocycles. The predicted molar refractivity (Wildman–Crippen MR) is 53.3 cm³/mol. The first-order valence-electron chi connectivity index (χ1n) is 4.34. The molecule has 1 aromatic carbocycles. The highest BCUT2D eigenvalue weighted by Crippen LogP contribution is 2.23. The van der Waals surface area contributed by atoms with Crippen molar-refractivity contribution >= 4 is 5.69 Å². The van der Waals surface area contributed by atoms with E-state index in [4.69, 9.17) is 4.42 Å². The summed E-state index contributed by atoms with van der Waals surface area (Å²) in [6.45, 7) is 1.77. The molecule has 0 aliphatic rings. The monoisotopic (exact) mass is 204 g/mol. The fraction of sp³-hybridized carbons (Fsp3) is 0.100. The molecule has 0 N–H and O–H groups in total. The highest BCUT2D eigenvalue weighted by atomic mass is 16.6. The molecule has 5 nitrogen and oxygen atoms in total. The molecule has 1 heterocycles. The smallest absolute Gasteiger partial charge is 0.270 e. The van der Waals surface area contributed by atoms with Crippen molar-refractivity contribution in [1.29, 1.82) is 0 Å². The zero-order valence-corrected chi connectivity index (χ0v) is 8.01. The largest absolute Gasteiger partial charge is 0.441 e. The molecule has 0 fully saturated rings. The summed E-state index contributed by atoms with van der Waals surface area (Å²) in [6.07, 6.45) is 1.58. The van der Waals surface area contributed by atoms with E-state index >= 15 is 0 Å². The van der Waals surface area contributed by atoms with E-state index in [0.29, 0.717) is 17.2 Å². The van der Waals surface area contributed by atoms with Crippen LogP contribution in [0.1, 0.15) is 5.76 Å². The number of hydrogen-bond acceptors (Lipinski definition) is 4. The Balaban J connectivity index is 2.45. The molecule has 76 valence electrons. The van der Waals surface area contributed by atoms with Crippen LogP contribution < -0.4 is 0 Å². The summed E-state index contributed by atoms with van der Waals surface area (Å²) >= 11 is 0. The lowest BCUT2D eigenvalue weighted by atomic mass is 10.2. The van der Waals surface area contributed by atoms with Crippen molar-refractivity contribution in [3.8, 4) is 11.5 Å². The van der Waals surface area contributed by atoms with Crippen molar-refractivity contribution in [3.63, 3.8) is 0 Å². The number of nitro benzene ring substituents is 1. The molecule has 0 saturated heterocycles. The molecule has 2 rings (SSSR count). The van der Waals surface area contributed by atoms with Gasteiger partial charge < -0.3 is 4.42 Å². The number of nitrogens with zero attached hydrogens (tertiary/aromatic N) is 2. The standard InChI is InChI=1S/C10H8N2O3/c1-7-6-11-10(15-7)8-3-2-4-9(5-8)12(13)14/h2-6H,1H3. The number of hydrogen-bond donors (Lipinski definition) is 0. The maximum atomic E-state index is 10.5. The Morgan fingerprint density at radius 2 is 2.27 bits per heavy atom. The van der Waals surface area contributed by atoms with E-state index in [2.05, 4.69) is 4.98 Å². The van der Waals surface area contributed by atoms with Gasteiger partial charge in [0.2, 0.25) is 5.89 Å². The fourth-order valence-corrected chi connectivity index (χ4v) is 1.24. The van der Waals surface area contributed by atoms with Crippen LogP contribution in [-0.2, 0) is 0 Å². The minimum Gasteiger partial charge on any atom is -0.441 e. The Kier molecular flexibility index (Phi) is 2.21.